The highest BCUT2D eigenvalue weighted by Gasteiger charge is 2.46. The molecule has 22 heteroatoms. The van der Waals surface area contributed by atoms with Gasteiger partial charge in [-0.15, -0.1) is 0 Å². The van der Waals surface area contributed by atoms with Crippen LogP contribution in [0, 0.1) is 0 Å². The van der Waals surface area contributed by atoms with E-state index in [0.717, 1.165) is 30.4 Å². The number of hydrogen-bond donors (Lipinski definition) is 4. The number of piperidine rings is 1. The highest BCUT2D eigenvalue weighted by molar-refractivity contribution is 6.24. The third-order valence-electron chi connectivity index (χ3n) is 10.5. The Bertz CT molecular complexity index is 2730. The van der Waals surface area contributed by atoms with Crippen LogP contribution in [-0.2, 0) is 14.4 Å². The maximum Gasteiger partial charge on any atom is 0.405 e. The van der Waals surface area contributed by atoms with Gasteiger partial charge in [0.2, 0.25) is 17.7 Å². The average molecular weight is 912 g/mol. The van der Waals surface area contributed by atoms with Crippen LogP contribution in [0.15, 0.2) is 77.7 Å². The van der Waals surface area contributed by atoms with Gasteiger partial charge in [-0.3, -0.25) is 48.6 Å². The van der Waals surface area contributed by atoms with Gasteiger partial charge in [0.15, 0.2) is 23.0 Å². The second-order valence-electron chi connectivity index (χ2n) is 15.3. The number of carbonyl (C=O) groups is 8. The van der Waals surface area contributed by atoms with Crippen LogP contribution >= 0.6 is 0 Å². The van der Waals surface area contributed by atoms with E-state index in [-0.39, 0.29) is 95.1 Å². The third-order valence-corrected chi connectivity index (χ3v) is 10.5. The fourth-order valence-electron chi connectivity index (χ4n) is 7.24. The first kappa shape index (κ1) is 46.0. The predicted octanol–water partition coefficient (Wildman–Crippen LogP) is 5.21. The van der Waals surface area contributed by atoms with Gasteiger partial charge in [-0.25, -0.2) is 14.6 Å². The normalized spacial score (nSPS) is 14.8. The number of oxazole rings is 1. The van der Waals surface area contributed by atoms with Crippen LogP contribution in [0.1, 0.15) is 110 Å². The highest BCUT2D eigenvalue weighted by atomic mass is 19.4. The summed E-state index contributed by atoms with van der Waals surface area (Å²) in [5.74, 6) is -4.78. The maximum atomic E-state index is 13.2. The van der Waals surface area contributed by atoms with Crippen LogP contribution in [0.25, 0.3) is 17.1 Å². The molecule has 0 bridgehead atoms. The zero-order valence-corrected chi connectivity index (χ0v) is 34.8. The van der Waals surface area contributed by atoms with Crippen molar-refractivity contribution in [2.45, 2.75) is 70.0 Å². The summed E-state index contributed by atoms with van der Waals surface area (Å²) in [7, 11) is 0. The van der Waals surface area contributed by atoms with Crippen molar-refractivity contribution in [3.63, 3.8) is 0 Å². The number of aromatic nitrogens is 4. The number of pyridine rings is 1. The number of anilines is 2. The molecule has 19 nitrogen and oxygen atoms in total. The zero-order valence-electron chi connectivity index (χ0n) is 34.8. The number of benzene rings is 2. The average Bonchev–Trinajstić information content (AvgIpc) is 4.02. The summed E-state index contributed by atoms with van der Waals surface area (Å²) in [6.07, 6.45) is 3.07. The second-order valence-corrected chi connectivity index (χ2v) is 15.3. The number of carbonyl (C=O) groups excluding carboxylic acids is 8. The Labute approximate surface area is 372 Å². The van der Waals surface area contributed by atoms with Gasteiger partial charge in [-0.1, -0.05) is 25.3 Å². The van der Waals surface area contributed by atoms with E-state index in [9.17, 15) is 51.5 Å². The molecule has 5 heterocycles. The molecule has 5 N–H and O–H groups in total. The van der Waals surface area contributed by atoms with E-state index in [4.69, 9.17) is 14.9 Å². The number of nitrogens with two attached hydrogens (primary N) is 1. The van der Waals surface area contributed by atoms with Crippen LogP contribution in [0.4, 0.5) is 24.7 Å². The molecule has 2 aliphatic rings. The van der Waals surface area contributed by atoms with E-state index >= 15 is 0 Å². The third kappa shape index (κ3) is 10.8. The number of alkyl halides is 3. The minimum atomic E-state index is -4.47. The van der Waals surface area contributed by atoms with Crippen LogP contribution in [0.5, 0.6) is 5.75 Å². The minimum Gasteiger partial charge on any atom is -0.485 e. The number of primary amides is 1. The molecule has 342 valence electrons. The molecule has 7 rings (SSSR count). The summed E-state index contributed by atoms with van der Waals surface area (Å²) in [4.78, 5) is 110. The summed E-state index contributed by atoms with van der Waals surface area (Å²) in [5.41, 5.74) is 6.14. The number of Topliss-reactive ketones (excluding diaryl/α,β-unsaturated/α-hetero) is 2. The number of unbranched alkanes of at least 4 members (excludes halogenated alkanes) is 4. The van der Waals surface area contributed by atoms with Gasteiger partial charge >= 0.3 is 6.18 Å². The van der Waals surface area contributed by atoms with Gasteiger partial charge in [-0.2, -0.15) is 18.3 Å². The number of nitrogens with zero attached hydrogens (tertiary/aromatic N) is 5. The van der Waals surface area contributed by atoms with Crippen molar-refractivity contribution in [1.82, 2.24) is 30.0 Å². The molecular weight excluding hydrogens is 872 g/mol. The number of ketones is 2. The molecule has 0 aliphatic carbocycles. The molecule has 0 saturated carbocycles. The molecule has 1 saturated heterocycles. The van der Waals surface area contributed by atoms with Crippen LogP contribution in [0.2, 0.25) is 0 Å². The number of amides is 6. The lowest BCUT2D eigenvalue weighted by atomic mass is 10.0. The largest absolute Gasteiger partial charge is 0.485 e. The molecular formula is C44H40F3N9O10. The Morgan fingerprint density at radius 2 is 1.68 bits per heavy atom. The van der Waals surface area contributed by atoms with Gasteiger partial charge in [-0.05, 0) is 67.8 Å². The van der Waals surface area contributed by atoms with Crippen LogP contribution < -0.4 is 26.4 Å². The number of hydrogen-bond acceptors (Lipinski definition) is 14. The van der Waals surface area contributed by atoms with E-state index in [1.54, 1.807) is 24.3 Å². The van der Waals surface area contributed by atoms with Crippen molar-refractivity contribution < 1.29 is 60.7 Å². The van der Waals surface area contributed by atoms with E-state index < -0.39 is 54.2 Å². The van der Waals surface area contributed by atoms with Crippen LogP contribution in [0.3, 0.4) is 0 Å². The first-order chi connectivity index (χ1) is 31.6. The van der Waals surface area contributed by atoms with E-state index in [0.29, 0.717) is 24.1 Å². The highest BCUT2D eigenvalue weighted by Crippen LogP contribution is 2.34. The molecule has 1 atom stereocenters. The lowest BCUT2D eigenvalue weighted by Gasteiger charge is -2.27. The zero-order chi connectivity index (χ0) is 47.1. The summed E-state index contributed by atoms with van der Waals surface area (Å²) >= 11 is 0. The lowest BCUT2D eigenvalue weighted by Crippen LogP contribution is -2.54. The Balaban J connectivity index is 0.830. The summed E-state index contributed by atoms with van der Waals surface area (Å²) in [6.45, 7) is -1.63. The van der Waals surface area contributed by atoms with Crippen molar-refractivity contribution in [2.24, 2.45) is 5.73 Å². The fourth-order valence-corrected chi connectivity index (χ4v) is 7.24. The Morgan fingerprint density at radius 3 is 2.41 bits per heavy atom. The van der Waals surface area contributed by atoms with Gasteiger partial charge in [0.05, 0.1) is 28.7 Å². The molecule has 0 spiro atoms. The molecule has 1 unspecified atom stereocenters. The number of rotatable bonds is 20. The summed E-state index contributed by atoms with van der Waals surface area (Å²) in [6, 6.07) is 12.4. The SMILES string of the molecule is NC(=O)c1nn(-c2ccc(C(=O)CCCCCCCC(=O)COc3cccc4c3C(=O)N(C3CCC(=O)NC3=O)C4=O)cc2)cc1NC(=O)c1coc(-c2ccnc(NCC(F)(F)F)c2)n1. The summed E-state index contributed by atoms with van der Waals surface area (Å²) in [5, 5.41) is 11.0. The van der Waals surface area contributed by atoms with Crippen molar-refractivity contribution in [3.05, 3.63) is 101 Å². The van der Waals surface area contributed by atoms with E-state index in [1.807, 2.05) is 0 Å². The Kier molecular flexibility index (Phi) is 13.8. The Hall–Kier alpha value is -8.04. The fraction of sp³-hybridized carbons (Fsp3) is 0.295. The minimum absolute atomic E-state index is 0.0120. The van der Waals surface area contributed by atoms with Gasteiger partial charge < -0.3 is 25.5 Å². The first-order valence-corrected chi connectivity index (χ1v) is 20.6. The quantitative estimate of drug-likeness (QED) is 0.0444. The maximum absolute atomic E-state index is 13.2. The molecule has 3 aromatic heterocycles. The number of halogens is 3. The smallest absolute Gasteiger partial charge is 0.405 e. The van der Waals surface area contributed by atoms with Crippen molar-refractivity contribution in [3.8, 4) is 22.9 Å². The van der Waals surface area contributed by atoms with Gasteiger partial charge in [0.1, 0.15) is 37.0 Å². The Morgan fingerprint density at radius 1 is 0.939 bits per heavy atom. The van der Waals surface area contributed by atoms with Crippen molar-refractivity contribution >= 4 is 58.5 Å². The van der Waals surface area contributed by atoms with E-state index in [1.165, 1.54) is 47.4 Å². The second kappa shape index (κ2) is 19.8. The van der Waals surface area contributed by atoms with Crippen molar-refractivity contribution in [2.75, 3.05) is 23.8 Å². The number of nitrogens with one attached hydrogen (secondary N) is 3. The molecule has 5 aromatic rings. The predicted molar refractivity (Wildman–Crippen MR) is 225 cm³/mol. The number of fused-ring (bicyclic) bond motifs is 1. The molecule has 2 aliphatic heterocycles. The van der Waals surface area contributed by atoms with Crippen molar-refractivity contribution in [1.29, 1.82) is 0 Å². The molecule has 2 aromatic carbocycles. The number of ether oxygens (including phenoxy) is 1. The topological polar surface area (TPSA) is 268 Å². The molecule has 0 radical (unpaired) electrons. The van der Waals surface area contributed by atoms with Gasteiger partial charge in [0.25, 0.3) is 23.6 Å². The van der Waals surface area contributed by atoms with E-state index in [2.05, 4.69) is 31.0 Å². The lowest BCUT2D eigenvalue weighted by molar-refractivity contribution is -0.136. The molecule has 1 fully saturated rings. The monoisotopic (exact) mass is 911 g/mol. The van der Waals surface area contributed by atoms with Crippen LogP contribution in [-0.4, -0.2) is 97.0 Å². The summed E-state index contributed by atoms with van der Waals surface area (Å²) < 4.78 is 50.2. The molecule has 6 amide bonds. The first-order valence-electron chi connectivity index (χ1n) is 20.6. The molecule has 66 heavy (non-hydrogen) atoms. The van der Waals surface area contributed by atoms with Gasteiger partial charge in [0, 0.05) is 36.6 Å². The standard InChI is InChI=1S/C44H40F3N9O10/c45-44(46,47)23-50-34-19-25(17-18-49-34)41-52-30(22-66-41)39(61)51-29-20-55(54-37(29)38(48)60)26-13-11-24(12-14-26)32(58)9-5-3-1-2-4-7-27(57)21-65-33-10-6-8-28-36(33)43(64)56(42(28)63)31-15-16-35(59)53-40(31)62/h6,8,10-14,17-20,22,31H,1-5,7,9,15-16,21,23H2,(H2,48,60)(H,49,50)(H,51,61)(H,53,59,62). The number of imide groups is 2.